The van der Waals surface area contributed by atoms with Crippen LogP contribution in [0.3, 0.4) is 0 Å². The number of aryl methyl sites for hydroxylation is 1. The molecule has 0 aromatic heterocycles. The molecule has 0 spiro atoms. The summed E-state index contributed by atoms with van der Waals surface area (Å²) in [6.45, 7) is 2.17. The van der Waals surface area contributed by atoms with Crippen LogP contribution in [0.5, 0.6) is 0 Å². The third-order valence-electron chi connectivity index (χ3n) is 2.45. The Kier molecular flexibility index (Phi) is 3.52. The van der Waals surface area contributed by atoms with Crippen LogP contribution in [0, 0.1) is 0 Å². The zero-order valence-corrected chi connectivity index (χ0v) is 10.1. The van der Waals surface area contributed by atoms with E-state index in [-0.39, 0.29) is 0 Å². The molecule has 2 aromatic rings. The lowest BCUT2D eigenvalue weighted by atomic mass is 10.2. The van der Waals surface area contributed by atoms with E-state index in [2.05, 4.69) is 37.3 Å². The lowest BCUT2D eigenvalue weighted by molar-refractivity contribution is 1.12. The topological polar surface area (TPSA) is 26.0 Å². The molecule has 0 aliphatic carbocycles. The van der Waals surface area contributed by atoms with Crippen LogP contribution in [0.15, 0.2) is 58.3 Å². The van der Waals surface area contributed by atoms with Gasteiger partial charge >= 0.3 is 0 Å². The Morgan fingerprint density at radius 1 is 1.06 bits per heavy atom. The number of hydrogen-bond donors (Lipinski definition) is 1. The average molecular weight is 229 g/mol. The molecule has 2 aromatic carbocycles. The smallest absolute Gasteiger partial charge is 0.0455 e. The number of nitrogen functional groups attached to an aromatic ring is 1. The van der Waals surface area contributed by atoms with Gasteiger partial charge in [-0.2, -0.15) is 0 Å². The van der Waals surface area contributed by atoms with Crippen LogP contribution in [0.2, 0.25) is 0 Å². The number of rotatable bonds is 3. The van der Waals surface area contributed by atoms with Crippen molar-refractivity contribution in [1.82, 2.24) is 0 Å². The van der Waals surface area contributed by atoms with E-state index in [1.54, 1.807) is 11.8 Å². The van der Waals surface area contributed by atoms with Crippen LogP contribution in [0.25, 0.3) is 0 Å². The molecule has 0 saturated heterocycles. The van der Waals surface area contributed by atoms with Crippen molar-refractivity contribution < 1.29 is 0 Å². The van der Waals surface area contributed by atoms with Gasteiger partial charge in [-0.15, -0.1) is 0 Å². The normalized spacial score (nSPS) is 10.3. The quantitative estimate of drug-likeness (QED) is 0.805. The summed E-state index contributed by atoms with van der Waals surface area (Å²) in [5.41, 5.74) is 8.12. The van der Waals surface area contributed by atoms with Gasteiger partial charge in [-0.05, 0) is 36.2 Å². The molecule has 0 fully saturated rings. The van der Waals surface area contributed by atoms with Crippen LogP contribution in [0.1, 0.15) is 12.5 Å². The third kappa shape index (κ3) is 2.58. The summed E-state index contributed by atoms with van der Waals surface area (Å²) in [4.78, 5) is 2.37. The molecule has 0 radical (unpaired) electrons. The van der Waals surface area contributed by atoms with E-state index in [1.807, 2.05) is 18.2 Å². The van der Waals surface area contributed by atoms with Crippen molar-refractivity contribution in [2.75, 3.05) is 5.73 Å². The van der Waals surface area contributed by atoms with Gasteiger partial charge in [-0.3, -0.25) is 0 Å². The van der Waals surface area contributed by atoms with Gasteiger partial charge < -0.3 is 5.73 Å². The highest BCUT2D eigenvalue weighted by molar-refractivity contribution is 7.99. The van der Waals surface area contributed by atoms with Crippen molar-refractivity contribution in [2.45, 2.75) is 23.1 Å². The van der Waals surface area contributed by atoms with Crippen LogP contribution in [-0.2, 0) is 6.42 Å². The Labute approximate surface area is 101 Å². The summed E-state index contributed by atoms with van der Waals surface area (Å²) >= 11 is 1.72. The van der Waals surface area contributed by atoms with Gasteiger partial charge in [0.05, 0.1) is 0 Å². The second-order valence-electron chi connectivity index (χ2n) is 3.64. The standard InChI is InChI=1S/C14H15NS/c1-2-11-6-5-7-12(10-11)16-14-9-4-3-8-13(14)15/h3-10H,2,15H2,1H3. The molecular formula is C14H15NS. The fraction of sp³-hybridized carbons (Fsp3) is 0.143. The maximum atomic E-state index is 5.92. The van der Waals surface area contributed by atoms with Gasteiger partial charge in [-0.25, -0.2) is 0 Å². The molecule has 0 aliphatic heterocycles. The SMILES string of the molecule is CCc1cccc(Sc2ccccc2N)c1. The summed E-state index contributed by atoms with van der Waals surface area (Å²) in [6, 6.07) is 16.6. The van der Waals surface area contributed by atoms with Crippen LogP contribution < -0.4 is 5.73 Å². The Morgan fingerprint density at radius 2 is 1.88 bits per heavy atom. The number of nitrogens with two attached hydrogens (primary N) is 1. The Bertz CT molecular complexity index is 480. The lowest BCUT2D eigenvalue weighted by Gasteiger charge is -2.06. The van der Waals surface area contributed by atoms with E-state index in [1.165, 1.54) is 10.5 Å². The van der Waals surface area contributed by atoms with Crippen LogP contribution in [0.4, 0.5) is 5.69 Å². The van der Waals surface area contributed by atoms with E-state index >= 15 is 0 Å². The van der Waals surface area contributed by atoms with Crippen molar-refractivity contribution in [1.29, 1.82) is 0 Å². The summed E-state index contributed by atoms with van der Waals surface area (Å²) in [6.07, 6.45) is 1.07. The Hall–Kier alpha value is -1.41. The van der Waals surface area contributed by atoms with Gasteiger partial charge in [-0.1, -0.05) is 43.0 Å². The summed E-state index contributed by atoms with van der Waals surface area (Å²) in [5, 5.41) is 0. The maximum Gasteiger partial charge on any atom is 0.0455 e. The van der Waals surface area contributed by atoms with Crippen LogP contribution in [-0.4, -0.2) is 0 Å². The lowest BCUT2D eigenvalue weighted by Crippen LogP contribution is -1.87. The first-order chi connectivity index (χ1) is 7.79. The largest absolute Gasteiger partial charge is 0.398 e. The minimum absolute atomic E-state index is 0.842. The van der Waals surface area contributed by atoms with Crippen molar-refractivity contribution in [2.24, 2.45) is 0 Å². The highest BCUT2D eigenvalue weighted by Gasteiger charge is 2.01. The summed E-state index contributed by atoms with van der Waals surface area (Å²) in [5.74, 6) is 0. The highest BCUT2D eigenvalue weighted by atomic mass is 32.2. The van der Waals surface area contributed by atoms with Crippen molar-refractivity contribution in [3.05, 3.63) is 54.1 Å². The molecule has 82 valence electrons. The molecule has 2 rings (SSSR count). The fourth-order valence-corrected chi connectivity index (χ4v) is 2.47. The molecule has 2 N–H and O–H groups in total. The molecule has 0 unspecified atom stereocenters. The molecule has 0 aliphatic rings. The van der Waals surface area contributed by atoms with E-state index < -0.39 is 0 Å². The first-order valence-corrected chi connectivity index (χ1v) is 6.22. The van der Waals surface area contributed by atoms with Gasteiger partial charge in [0.1, 0.15) is 0 Å². The predicted octanol–water partition coefficient (Wildman–Crippen LogP) is 3.98. The second-order valence-corrected chi connectivity index (χ2v) is 4.76. The zero-order chi connectivity index (χ0) is 11.4. The number of benzene rings is 2. The van der Waals surface area contributed by atoms with Crippen LogP contribution >= 0.6 is 11.8 Å². The Balaban J connectivity index is 2.24. The fourth-order valence-electron chi connectivity index (χ4n) is 1.53. The van der Waals surface area contributed by atoms with E-state index in [4.69, 9.17) is 5.73 Å². The van der Waals surface area contributed by atoms with Gasteiger partial charge in [0.2, 0.25) is 0 Å². The van der Waals surface area contributed by atoms with Gasteiger partial charge in [0.25, 0.3) is 0 Å². The molecule has 0 heterocycles. The Morgan fingerprint density at radius 3 is 2.62 bits per heavy atom. The molecule has 0 atom stereocenters. The third-order valence-corrected chi connectivity index (χ3v) is 3.53. The van der Waals surface area contributed by atoms with Gasteiger partial charge in [0.15, 0.2) is 0 Å². The maximum absolute atomic E-state index is 5.92. The second kappa shape index (κ2) is 5.08. The minimum atomic E-state index is 0.842. The summed E-state index contributed by atoms with van der Waals surface area (Å²) in [7, 11) is 0. The first-order valence-electron chi connectivity index (χ1n) is 5.41. The number of para-hydroxylation sites is 1. The minimum Gasteiger partial charge on any atom is -0.398 e. The molecule has 1 nitrogen and oxygen atoms in total. The predicted molar refractivity (Wildman–Crippen MR) is 70.8 cm³/mol. The molecule has 0 saturated carbocycles. The highest BCUT2D eigenvalue weighted by Crippen LogP contribution is 2.32. The first kappa shape index (κ1) is 11.1. The number of anilines is 1. The van der Waals surface area contributed by atoms with Gasteiger partial charge in [0, 0.05) is 15.5 Å². The zero-order valence-electron chi connectivity index (χ0n) is 9.31. The van der Waals surface area contributed by atoms with Crippen molar-refractivity contribution >= 4 is 17.4 Å². The van der Waals surface area contributed by atoms with Crippen molar-refractivity contribution in [3.63, 3.8) is 0 Å². The molecule has 16 heavy (non-hydrogen) atoms. The summed E-state index contributed by atoms with van der Waals surface area (Å²) < 4.78 is 0. The van der Waals surface area contributed by atoms with E-state index in [0.717, 1.165) is 17.0 Å². The molecular weight excluding hydrogens is 214 g/mol. The number of hydrogen-bond acceptors (Lipinski definition) is 2. The average Bonchev–Trinajstić information content (AvgIpc) is 2.32. The molecule has 2 heteroatoms. The van der Waals surface area contributed by atoms with E-state index in [9.17, 15) is 0 Å². The van der Waals surface area contributed by atoms with Crippen molar-refractivity contribution in [3.8, 4) is 0 Å². The monoisotopic (exact) mass is 229 g/mol. The van der Waals surface area contributed by atoms with E-state index in [0.29, 0.717) is 0 Å². The molecule has 0 amide bonds. The molecule has 0 bridgehead atoms.